The van der Waals surface area contributed by atoms with Gasteiger partial charge in [0.05, 0.1) is 5.52 Å². The largest absolute Gasteiger partial charge is 0.420 e. The Hall–Kier alpha value is -3.61. The van der Waals surface area contributed by atoms with Crippen LogP contribution in [0.3, 0.4) is 0 Å². The van der Waals surface area contributed by atoms with Crippen LogP contribution in [0.25, 0.3) is 27.6 Å². The maximum absolute atomic E-state index is 13.4. The van der Waals surface area contributed by atoms with Crippen LogP contribution >= 0.6 is 0 Å². The van der Waals surface area contributed by atoms with Gasteiger partial charge in [-0.1, -0.05) is 18.2 Å². The monoisotopic (exact) mass is 391 g/mol. The normalized spacial score (nSPS) is 14.5. The highest BCUT2D eigenvalue weighted by Crippen LogP contribution is 2.29. The number of rotatable bonds is 3. The zero-order valence-electron chi connectivity index (χ0n) is 15.5. The Balaban J connectivity index is 1.35. The molecule has 1 aliphatic rings. The Morgan fingerprint density at radius 1 is 1.21 bits per heavy atom. The molecule has 0 fully saturated rings. The van der Waals surface area contributed by atoms with Gasteiger partial charge in [0.25, 0.3) is 0 Å². The van der Waals surface area contributed by atoms with Crippen molar-refractivity contribution >= 4 is 33.5 Å². The van der Waals surface area contributed by atoms with Gasteiger partial charge in [-0.2, -0.15) is 0 Å². The highest BCUT2D eigenvalue weighted by molar-refractivity contribution is 5.93. The lowest BCUT2D eigenvalue weighted by Crippen LogP contribution is -2.38. The average molecular weight is 391 g/mol. The summed E-state index contributed by atoms with van der Waals surface area (Å²) in [5.41, 5.74) is 4.00. The number of fused-ring (bicyclic) bond motifs is 2. The highest BCUT2D eigenvalue weighted by atomic mass is 19.1. The number of hydrogen-bond donors (Lipinski definition) is 1. The third-order valence-electron chi connectivity index (χ3n) is 5.42. The molecule has 0 radical (unpaired) electrons. The number of para-hydroxylation sites is 2. The van der Waals surface area contributed by atoms with Crippen LogP contribution in [0, 0.1) is 5.82 Å². The summed E-state index contributed by atoms with van der Waals surface area (Å²) >= 11 is 0. The van der Waals surface area contributed by atoms with Gasteiger partial charge in [-0.3, -0.25) is 9.36 Å². The SMILES string of the molecule is O=C(Cn1c(=O)oc2ccccc21)N1CC=C(c2c[nH]c3cc(F)ccc23)CC1. The van der Waals surface area contributed by atoms with Crippen molar-refractivity contribution in [2.24, 2.45) is 0 Å². The van der Waals surface area contributed by atoms with E-state index >= 15 is 0 Å². The van der Waals surface area contributed by atoms with Gasteiger partial charge >= 0.3 is 5.76 Å². The van der Waals surface area contributed by atoms with Crippen molar-refractivity contribution in [2.45, 2.75) is 13.0 Å². The maximum atomic E-state index is 13.4. The molecule has 5 rings (SSSR count). The Bertz CT molecular complexity index is 1330. The number of amides is 1. The number of aromatic nitrogens is 2. The smallest absolute Gasteiger partial charge is 0.408 e. The first-order valence-corrected chi connectivity index (χ1v) is 9.42. The van der Waals surface area contributed by atoms with E-state index in [0.717, 1.165) is 22.0 Å². The van der Waals surface area contributed by atoms with E-state index in [1.807, 2.05) is 12.3 Å². The number of nitrogens with one attached hydrogen (secondary N) is 1. The molecule has 3 heterocycles. The number of nitrogens with zero attached hydrogens (tertiary/aromatic N) is 2. The second-order valence-corrected chi connectivity index (χ2v) is 7.13. The molecule has 29 heavy (non-hydrogen) atoms. The van der Waals surface area contributed by atoms with Gasteiger partial charge in [-0.05, 0) is 42.3 Å². The summed E-state index contributed by atoms with van der Waals surface area (Å²) in [4.78, 5) is 29.7. The number of benzene rings is 2. The zero-order valence-corrected chi connectivity index (χ0v) is 15.5. The highest BCUT2D eigenvalue weighted by Gasteiger charge is 2.21. The first kappa shape index (κ1) is 17.5. The predicted octanol–water partition coefficient (Wildman–Crippen LogP) is 3.53. The molecule has 1 amide bonds. The summed E-state index contributed by atoms with van der Waals surface area (Å²) in [5, 5.41) is 0.967. The van der Waals surface area contributed by atoms with E-state index in [2.05, 4.69) is 4.98 Å². The summed E-state index contributed by atoms with van der Waals surface area (Å²) < 4.78 is 20.0. The number of halogens is 1. The van der Waals surface area contributed by atoms with Crippen LogP contribution in [0.2, 0.25) is 0 Å². The molecule has 0 bridgehead atoms. The Kier molecular flexibility index (Phi) is 4.08. The number of carbonyl (C=O) groups is 1. The van der Waals surface area contributed by atoms with E-state index in [4.69, 9.17) is 4.42 Å². The van der Waals surface area contributed by atoms with Gasteiger partial charge in [0, 0.05) is 35.8 Å². The van der Waals surface area contributed by atoms with E-state index in [1.165, 1.54) is 16.7 Å². The first-order valence-electron chi connectivity index (χ1n) is 9.42. The quantitative estimate of drug-likeness (QED) is 0.581. The van der Waals surface area contributed by atoms with Crippen molar-refractivity contribution in [3.8, 4) is 0 Å². The molecule has 4 aromatic rings. The Morgan fingerprint density at radius 2 is 2.07 bits per heavy atom. The van der Waals surface area contributed by atoms with Crippen LogP contribution in [0.5, 0.6) is 0 Å². The molecule has 2 aromatic heterocycles. The number of carbonyl (C=O) groups excluding carboxylic acids is 1. The minimum absolute atomic E-state index is 0.0502. The Labute approximate surface area is 164 Å². The van der Waals surface area contributed by atoms with E-state index in [-0.39, 0.29) is 18.3 Å². The van der Waals surface area contributed by atoms with Gasteiger partial charge in [-0.25, -0.2) is 9.18 Å². The second kappa shape index (κ2) is 6.77. The standard InChI is InChI=1S/C22H18FN3O3/c23-15-5-6-16-17(12-24-18(16)11-15)14-7-9-25(10-8-14)21(27)13-26-19-3-1-2-4-20(19)29-22(26)28/h1-7,11-12,24H,8-10,13H2. The summed E-state index contributed by atoms with van der Waals surface area (Å²) in [6.07, 6.45) is 4.59. The number of hydrogen-bond acceptors (Lipinski definition) is 3. The van der Waals surface area contributed by atoms with Crippen molar-refractivity contribution < 1.29 is 13.6 Å². The molecular formula is C22H18FN3O3. The zero-order chi connectivity index (χ0) is 20.0. The molecule has 0 unspecified atom stereocenters. The van der Waals surface area contributed by atoms with Crippen LogP contribution in [0.1, 0.15) is 12.0 Å². The van der Waals surface area contributed by atoms with E-state index < -0.39 is 5.76 Å². The second-order valence-electron chi connectivity index (χ2n) is 7.13. The summed E-state index contributed by atoms with van der Waals surface area (Å²) in [5.74, 6) is -0.934. The van der Waals surface area contributed by atoms with Gasteiger partial charge in [0.2, 0.25) is 5.91 Å². The lowest BCUT2D eigenvalue weighted by Gasteiger charge is -2.26. The van der Waals surface area contributed by atoms with Crippen LogP contribution in [-0.4, -0.2) is 33.4 Å². The fourth-order valence-electron chi connectivity index (χ4n) is 3.90. The molecule has 146 valence electrons. The molecule has 0 aliphatic carbocycles. The van der Waals surface area contributed by atoms with Crippen molar-refractivity contribution in [1.29, 1.82) is 0 Å². The summed E-state index contributed by atoms with van der Waals surface area (Å²) in [6.45, 7) is 0.973. The van der Waals surface area contributed by atoms with Crippen LogP contribution < -0.4 is 5.76 Å². The maximum Gasteiger partial charge on any atom is 0.420 e. The molecule has 0 atom stereocenters. The lowest BCUT2D eigenvalue weighted by molar-refractivity contribution is -0.131. The molecule has 0 saturated heterocycles. The predicted molar refractivity (Wildman–Crippen MR) is 108 cm³/mol. The fraction of sp³-hybridized carbons (Fsp3) is 0.182. The van der Waals surface area contributed by atoms with Gasteiger partial charge < -0.3 is 14.3 Å². The minimum atomic E-state index is -0.529. The third-order valence-corrected chi connectivity index (χ3v) is 5.42. The van der Waals surface area contributed by atoms with Crippen LogP contribution in [0.15, 0.2) is 63.9 Å². The number of H-pyrrole nitrogens is 1. The fourth-order valence-corrected chi connectivity index (χ4v) is 3.90. The van der Waals surface area contributed by atoms with Crippen LogP contribution in [0.4, 0.5) is 4.39 Å². The molecule has 1 N–H and O–H groups in total. The van der Waals surface area contributed by atoms with Gasteiger partial charge in [0.1, 0.15) is 12.4 Å². The molecule has 6 nitrogen and oxygen atoms in total. The van der Waals surface area contributed by atoms with Crippen LogP contribution in [-0.2, 0) is 11.3 Å². The van der Waals surface area contributed by atoms with Crippen molar-refractivity contribution in [3.63, 3.8) is 0 Å². The van der Waals surface area contributed by atoms with Crippen molar-refractivity contribution in [1.82, 2.24) is 14.5 Å². The van der Waals surface area contributed by atoms with Gasteiger partial charge in [-0.15, -0.1) is 0 Å². The molecule has 0 saturated carbocycles. The number of aromatic amines is 1. The first-order chi connectivity index (χ1) is 14.1. The Morgan fingerprint density at radius 3 is 2.90 bits per heavy atom. The average Bonchev–Trinajstić information content (AvgIpc) is 3.28. The third kappa shape index (κ3) is 3.04. The van der Waals surface area contributed by atoms with Crippen molar-refractivity contribution in [3.05, 3.63) is 76.7 Å². The van der Waals surface area contributed by atoms with Crippen molar-refractivity contribution in [2.75, 3.05) is 13.1 Å². The molecule has 1 aliphatic heterocycles. The molecular weight excluding hydrogens is 373 g/mol. The molecule has 2 aromatic carbocycles. The minimum Gasteiger partial charge on any atom is -0.408 e. The molecule has 7 heteroatoms. The van der Waals surface area contributed by atoms with E-state index in [9.17, 15) is 14.0 Å². The van der Waals surface area contributed by atoms with E-state index in [1.54, 1.807) is 35.2 Å². The topological polar surface area (TPSA) is 71.2 Å². The van der Waals surface area contributed by atoms with E-state index in [0.29, 0.717) is 30.6 Å². The molecule has 0 spiro atoms. The van der Waals surface area contributed by atoms with Gasteiger partial charge in [0.15, 0.2) is 5.58 Å². The summed E-state index contributed by atoms with van der Waals surface area (Å²) in [7, 11) is 0. The number of oxazole rings is 1. The lowest BCUT2D eigenvalue weighted by atomic mass is 9.99. The summed E-state index contributed by atoms with van der Waals surface area (Å²) in [6, 6.07) is 11.8.